The molecule has 6 nitrogen and oxygen atoms in total. The van der Waals surface area contributed by atoms with E-state index < -0.39 is 0 Å². The van der Waals surface area contributed by atoms with Gasteiger partial charge in [-0.25, -0.2) is 0 Å². The minimum absolute atomic E-state index is 0.133. The summed E-state index contributed by atoms with van der Waals surface area (Å²) in [5.74, 6) is 0.930. The van der Waals surface area contributed by atoms with Gasteiger partial charge in [-0.2, -0.15) is 0 Å². The number of carbonyl (C=O) groups is 1. The van der Waals surface area contributed by atoms with Crippen LogP contribution in [0.1, 0.15) is 31.2 Å². The molecule has 0 radical (unpaired) electrons. The van der Waals surface area contributed by atoms with E-state index in [9.17, 15) is 14.9 Å². The van der Waals surface area contributed by atoms with Gasteiger partial charge in [0.05, 0.1) is 4.92 Å². The second-order valence-electron chi connectivity index (χ2n) is 5.86. The number of hydrogen-bond acceptors (Lipinski definition) is 4. The summed E-state index contributed by atoms with van der Waals surface area (Å²) in [5, 5.41) is 14.3. The number of piperidine rings is 1. The minimum Gasteiger partial charge on any atom is -0.384 e. The standard InChI is InChI=1S/C15H19N3O3/c1-10(19)17-6-4-11(5-7-17)14-9-16-15-3-2-12(18(20)21)8-13(14)15/h2-3,8,11,14,16H,4-7,9H2,1H3. The summed E-state index contributed by atoms with van der Waals surface area (Å²) in [6, 6.07) is 5.06. The Hall–Kier alpha value is -2.11. The third kappa shape index (κ3) is 2.57. The maximum Gasteiger partial charge on any atom is 0.269 e. The van der Waals surface area contributed by atoms with Crippen LogP contribution in [0.25, 0.3) is 0 Å². The van der Waals surface area contributed by atoms with Gasteiger partial charge in [-0.05, 0) is 30.4 Å². The van der Waals surface area contributed by atoms with E-state index in [2.05, 4.69) is 5.32 Å². The molecule has 0 bridgehead atoms. The largest absolute Gasteiger partial charge is 0.384 e. The van der Waals surface area contributed by atoms with Crippen molar-refractivity contribution in [3.63, 3.8) is 0 Å². The van der Waals surface area contributed by atoms with E-state index in [1.807, 2.05) is 4.90 Å². The lowest BCUT2D eigenvalue weighted by Crippen LogP contribution is -2.38. The number of anilines is 1. The molecule has 2 aliphatic heterocycles. The van der Waals surface area contributed by atoms with Crippen molar-refractivity contribution in [3.8, 4) is 0 Å². The van der Waals surface area contributed by atoms with Crippen LogP contribution in [0.3, 0.4) is 0 Å². The van der Waals surface area contributed by atoms with Gasteiger partial charge in [-0.3, -0.25) is 14.9 Å². The number of nitrogens with one attached hydrogen (secondary N) is 1. The first-order valence-corrected chi connectivity index (χ1v) is 7.34. The van der Waals surface area contributed by atoms with E-state index in [1.54, 1.807) is 25.1 Å². The Morgan fingerprint density at radius 1 is 1.38 bits per heavy atom. The van der Waals surface area contributed by atoms with Crippen LogP contribution >= 0.6 is 0 Å². The first-order valence-electron chi connectivity index (χ1n) is 7.34. The molecule has 0 saturated carbocycles. The lowest BCUT2D eigenvalue weighted by molar-refractivity contribution is -0.384. The highest BCUT2D eigenvalue weighted by molar-refractivity contribution is 5.73. The van der Waals surface area contributed by atoms with Crippen molar-refractivity contribution < 1.29 is 9.72 Å². The highest BCUT2D eigenvalue weighted by Gasteiger charge is 2.33. The molecule has 1 fully saturated rings. The highest BCUT2D eigenvalue weighted by atomic mass is 16.6. The first kappa shape index (κ1) is 13.9. The number of nitro groups is 1. The zero-order valence-corrected chi connectivity index (χ0v) is 12.0. The molecule has 1 amide bonds. The molecule has 1 aromatic carbocycles. The summed E-state index contributed by atoms with van der Waals surface area (Å²) >= 11 is 0. The topological polar surface area (TPSA) is 75.5 Å². The average molecular weight is 289 g/mol. The summed E-state index contributed by atoms with van der Waals surface area (Å²) in [7, 11) is 0. The van der Waals surface area contributed by atoms with Crippen molar-refractivity contribution in [2.75, 3.05) is 25.0 Å². The number of rotatable bonds is 2. The third-order valence-electron chi connectivity index (χ3n) is 4.71. The number of hydrogen-bond donors (Lipinski definition) is 1. The fraction of sp³-hybridized carbons (Fsp3) is 0.533. The zero-order chi connectivity index (χ0) is 15.0. The molecule has 2 aliphatic rings. The summed E-state index contributed by atoms with van der Waals surface area (Å²) in [5.41, 5.74) is 2.23. The summed E-state index contributed by atoms with van der Waals surface area (Å²) in [6.45, 7) is 4.03. The fourth-order valence-corrected chi connectivity index (χ4v) is 3.50. The van der Waals surface area contributed by atoms with Gasteiger partial charge in [0.1, 0.15) is 0 Å². The van der Waals surface area contributed by atoms with Crippen molar-refractivity contribution in [2.45, 2.75) is 25.7 Å². The highest BCUT2D eigenvalue weighted by Crippen LogP contribution is 2.41. The molecular weight excluding hydrogens is 270 g/mol. The van der Waals surface area contributed by atoms with Crippen LogP contribution in [0.15, 0.2) is 18.2 Å². The molecule has 1 N–H and O–H groups in total. The third-order valence-corrected chi connectivity index (χ3v) is 4.71. The second kappa shape index (κ2) is 5.35. The Balaban J connectivity index is 1.77. The molecule has 6 heteroatoms. The molecule has 0 spiro atoms. The van der Waals surface area contributed by atoms with Gasteiger partial charge in [-0.15, -0.1) is 0 Å². The maximum absolute atomic E-state index is 11.4. The smallest absolute Gasteiger partial charge is 0.269 e. The van der Waals surface area contributed by atoms with Crippen LogP contribution in [0.4, 0.5) is 11.4 Å². The molecule has 2 heterocycles. The van der Waals surface area contributed by atoms with Gasteiger partial charge in [0.25, 0.3) is 5.69 Å². The van der Waals surface area contributed by atoms with E-state index in [0.29, 0.717) is 11.8 Å². The number of nitro benzene ring substituents is 1. The SMILES string of the molecule is CC(=O)N1CCC(C2CNc3ccc([N+](=O)[O-])cc32)CC1. The number of likely N-dealkylation sites (tertiary alicyclic amines) is 1. The van der Waals surface area contributed by atoms with Crippen LogP contribution in [-0.4, -0.2) is 35.4 Å². The van der Waals surface area contributed by atoms with Crippen LogP contribution < -0.4 is 5.32 Å². The number of non-ortho nitro benzene ring substituents is 1. The predicted octanol–water partition coefficient (Wildman–Crippen LogP) is 2.36. The van der Waals surface area contributed by atoms with Crippen LogP contribution in [0, 0.1) is 16.0 Å². The van der Waals surface area contributed by atoms with Crippen LogP contribution in [-0.2, 0) is 4.79 Å². The van der Waals surface area contributed by atoms with Crippen molar-refractivity contribution >= 4 is 17.3 Å². The minimum atomic E-state index is -0.339. The molecule has 1 atom stereocenters. The molecule has 1 aromatic rings. The van der Waals surface area contributed by atoms with Gasteiger partial charge >= 0.3 is 0 Å². The van der Waals surface area contributed by atoms with Crippen molar-refractivity contribution in [3.05, 3.63) is 33.9 Å². The lowest BCUT2D eigenvalue weighted by atomic mass is 9.81. The second-order valence-corrected chi connectivity index (χ2v) is 5.86. The van der Waals surface area contributed by atoms with Crippen molar-refractivity contribution in [2.24, 2.45) is 5.92 Å². The number of nitrogens with zero attached hydrogens (tertiary/aromatic N) is 2. The van der Waals surface area contributed by atoms with Gasteiger partial charge in [0.2, 0.25) is 5.91 Å². The molecular formula is C15H19N3O3. The van der Waals surface area contributed by atoms with E-state index >= 15 is 0 Å². The molecule has 1 saturated heterocycles. The van der Waals surface area contributed by atoms with E-state index in [-0.39, 0.29) is 16.5 Å². The van der Waals surface area contributed by atoms with E-state index in [0.717, 1.165) is 43.7 Å². The monoisotopic (exact) mass is 289 g/mol. The Labute approximate surface area is 123 Å². The Morgan fingerprint density at radius 2 is 2.10 bits per heavy atom. The molecule has 1 unspecified atom stereocenters. The fourth-order valence-electron chi connectivity index (χ4n) is 3.50. The number of fused-ring (bicyclic) bond motifs is 1. The summed E-state index contributed by atoms with van der Waals surface area (Å²) < 4.78 is 0. The summed E-state index contributed by atoms with van der Waals surface area (Å²) in [4.78, 5) is 23.9. The summed E-state index contributed by atoms with van der Waals surface area (Å²) in [6.07, 6.45) is 1.93. The van der Waals surface area contributed by atoms with Crippen molar-refractivity contribution in [1.29, 1.82) is 0 Å². The van der Waals surface area contributed by atoms with Gasteiger partial charge in [0.15, 0.2) is 0 Å². The van der Waals surface area contributed by atoms with Gasteiger partial charge in [-0.1, -0.05) is 0 Å². The predicted molar refractivity (Wildman–Crippen MR) is 79.3 cm³/mol. The maximum atomic E-state index is 11.4. The molecule has 0 aliphatic carbocycles. The molecule has 0 aromatic heterocycles. The first-order chi connectivity index (χ1) is 10.1. The Bertz CT molecular complexity index is 580. The molecule has 112 valence electrons. The average Bonchev–Trinajstić information content (AvgIpc) is 2.90. The van der Waals surface area contributed by atoms with E-state index in [1.165, 1.54) is 0 Å². The van der Waals surface area contributed by atoms with Gasteiger partial charge < -0.3 is 10.2 Å². The quantitative estimate of drug-likeness (QED) is 0.670. The van der Waals surface area contributed by atoms with Crippen molar-refractivity contribution in [1.82, 2.24) is 4.90 Å². The van der Waals surface area contributed by atoms with E-state index in [4.69, 9.17) is 0 Å². The van der Waals surface area contributed by atoms with Gasteiger partial charge in [0, 0.05) is 50.3 Å². The van der Waals surface area contributed by atoms with Crippen LogP contribution in [0.2, 0.25) is 0 Å². The number of benzene rings is 1. The molecule has 21 heavy (non-hydrogen) atoms. The Kier molecular flexibility index (Phi) is 3.53. The lowest BCUT2D eigenvalue weighted by Gasteiger charge is -2.34. The molecule has 3 rings (SSSR count). The Morgan fingerprint density at radius 3 is 2.71 bits per heavy atom. The zero-order valence-electron chi connectivity index (χ0n) is 12.0. The number of carbonyl (C=O) groups excluding carboxylic acids is 1. The number of amides is 1. The van der Waals surface area contributed by atoms with Crippen LogP contribution in [0.5, 0.6) is 0 Å². The normalized spacial score (nSPS) is 21.8.